The number of allylic oxidation sites excluding steroid dienone is 2. The van der Waals surface area contributed by atoms with Gasteiger partial charge in [-0.15, -0.1) is 0 Å². The molecule has 1 N–H and O–H groups in total. The highest BCUT2D eigenvalue weighted by atomic mass is 16.3. The molecule has 15 heavy (non-hydrogen) atoms. The van der Waals surface area contributed by atoms with Gasteiger partial charge in [0.15, 0.2) is 0 Å². The Labute approximate surface area is 92.4 Å². The molecule has 0 saturated carbocycles. The van der Waals surface area contributed by atoms with Crippen LogP contribution in [0.2, 0.25) is 0 Å². The van der Waals surface area contributed by atoms with Gasteiger partial charge >= 0.3 is 0 Å². The van der Waals surface area contributed by atoms with Crippen molar-refractivity contribution in [2.45, 2.75) is 58.0 Å². The van der Waals surface area contributed by atoms with Crippen molar-refractivity contribution in [3.05, 3.63) is 11.6 Å². The molecule has 0 heterocycles. The minimum absolute atomic E-state index is 0.253. The predicted octanol–water partition coefficient (Wildman–Crippen LogP) is 2.85. The average molecular weight is 210 g/mol. The molecule has 1 aliphatic carbocycles. The first-order valence-corrected chi connectivity index (χ1v) is 5.87. The van der Waals surface area contributed by atoms with E-state index < -0.39 is 5.60 Å². The molecule has 0 aromatic carbocycles. The topological polar surface area (TPSA) is 37.3 Å². The Bertz CT molecular complexity index is 235. The fourth-order valence-corrected chi connectivity index (χ4v) is 2.01. The molecular weight excluding hydrogens is 188 g/mol. The van der Waals surface area contributed by atoms with Gasteiger partial charge in [0.25, 0.3) is 0 Å². The Morgan fingerprint density at radius 3 is 2.80 bits per heavy atom. The number of carbonyl (C=O) groups excluding carboxylic acids is 1. The highest BCUT2D eigenvalue weighted by Crippen LogP contribution is 2.26. The largest absolute Gasteiger partial charge is 0.390 e. The van der Waals surface area contributed by atoms with Crippen molar-refractivity contribution in [2.75, 3.05) is 0 Å². The smallest absolute Gasteiger partial charge is 0.123 e. The highest BCUT2D eigenvalue weighted by molar-refractivity contribution is 5.54. The SMILES string of the molecule is CC(C)(O)CCCC1=CC[C@@H](C=O)CC1. The summed E-state index contributed by atoms with van der Waals surface area (Å²) in [5.74, 6) is 0.253. The standard InChI is InChI=1S/C13H22O2/c1-13(2,15)9-3-4-11-5-7-12(10-14)8-6-11/h5,10,12,15H,3-4,6-9H2,1-2H3/t12-/m1/s1. The van der Waals surface area contributed by atoms with Crippen LogP contribution in [0.25, 0.3) is 0 Å². The van der Waals surface area contributed by atoms with E-state index in [0.717, 1.165) is 44.8 Å². The van der Waals surface area contributed by atoms with Crippen LogP contribution in [0, 0.1) is 5.92 Å². The predicted molar refractivity (Wildman–Crippen MR) is 61.6 cm³/mol. The van der Waals surface area contributed by atoms with Gasteiger partial charge in [-0.05, 0) is 52.4 Å². The minimum Gasteiger partial charge on any atom is -0.390 e. The summed E-state index contributed by atoms with van der Waals surface area (Å²) >= 11 is 0. The normalized spacial score (nSPS) is 22.3. The number of aldehydes is 1. The van der Waals surface area contributed by atoms with Crippen molar-refractivity contribution in [3.63, 3.8) is 0 Å². The molecule has 0 aromatic heterocycles. The lowest BCUT2D eigenvalue weighted by Gasteiger charge is -2.20. The van der Waals surface area contributed by atoms with Gasteiger partial charge in [0.2, 0.25) is 0 Å². The number of hydrogen-bond acceptors (Lipinski definition) is 2. The molecule has 0 saturated heterocycles. The molecule has 0 fully saturated rings. The zero-order chi connectivity index (χ0) is 11.3. The Morgan fingerprint density at radius 2 is 2.33 bits per heavy atom. The minimum atomic E-state index is -0.541. The number of carbonyl (C=O) groups is 1. The van der Waals surface area contributed by atoms with Crippen LogP contribution in [0.15, 0.2) is 11.6 Å². The number of rotatable bonds is 5. The molecule has 0 aromatic rings. The monoisotopic (exact) mass is 210 g/mol. The van der Waals surface area contributed by atoms with E-state index in [2.05, 4.69) is 6.08 Å². The van der Waals surface area contributed by atoms with Gasteiger partial charge < -0.3 is 9.90 Å². The highest BCUT2D eigenvalue weighted by Gasteiger charge is 2.15. The van der Waals surface area contributed by atoms with E-state index in [1.807, 2.05) is 13.8 Å². The summed E-state index contributed by atoms with van der Waals surface area (Å²) in [5, 5.41) is 9.56. The van der Waals surface area contributed by atoms with Gasteiger partial charge in [-0.3, -0.25) is 0 Å². The molecule has 2 heteroatoms. The van der Waals surface area contributed by atoms with E-state index in [1.54, 1.807) is 0 Å². The van der Waals surface area contributed by atoms with Crippen molar-refractivity contribution in [2.24, 2.45) is 5.92 Å². The van der Waals surface area contributed by atoms with E-state index in [-0.39, 0.29) is 5.92 Å². The molecule has 0 unspecified atom stereocenters. The van der Waals surface area contributed by atoms with Crippen molar-refractivity contribution in [1.29, 1.82) is 0 Å². The summed E-state index contributed by atoms with van der Waals surface area (Å²) < 4.78 is 0. The third kappa shape index (κ3) is 5.12. The summed E-state index contributed by atoms with van der Waals surface area (Å²) in [7, 11) is 0. The quantitative estimate of drug-likeness (QED) is 0.559. The van der Waals surface area contributed by atoms with Crippen LogP contribution in [0.1, 0.15) is 52.4 Å². The molecule has 1 aliphatic rings. The molecule has 1 atom stereocenters. The average Bonchev–Trinajstić information content (AvgIpc) is 2.17. The van der Waals surface area contributed by atoms with Gasteiger partial charge in [-0.1, -0.05) is 11.6 Å². The van der Waals surface area contributed by atoms with Crippen molar-refractivity contribution < 1.29 is 9.90 Å². The van der Waals surface area contributed by atoms with Crippen LogP contribution in [0.3, 0.4) is 0 Å². The van der Waals surface area contributed by atoms with Gasteiger partial charge in [0.1, 0.15) is 6.29 Å². The van der Waals surface area contributed by atoms with Crippen molar-refractivity contribution >= 4 is 6.29 Å². The summed E-state index contributed by atoms with van der Waals surface area (Å²) in [6.07, 6.45) is 9.25. The summed E-state index contributed by atoms with van der Waals surface area (Å²) in [5.41, 5.74) is 0.929. The van der Waals surface area contributed by atoms with E-state index in [9.17, 15) is 9.90 Å². The molecule has 0 aliphatic heterocycles. The van der Waals surface area contributed by atoms with Crippen LogP contribution >= 0.6 is 0 Å². The van der Waals surface area contributed by atoms with E-state index in [0.29, 0.717) is 0 Å². The second-order valence-corrected chi connectivity index (χ2v) is 5.20. The van der Waals surface area contributed by atoms with Crippen molar-refractivity contribution in [3.8, 4) is 0 Å². The van der Waals surface area contributed by atoms with Crippen LogP contribution in [0.5, 0.6) is 0 Å². The fraction of sp³-hybridized carbons (Fsp3) is 0.769. The first-order valence-electron chi connectivity index (χ1n) is 5.87. The van der Waals surface area contributed by atoms with Crippen LogP contribution in [-0.2, 0) is 4.79 Å². The maximum absolute atomic E-state index is 10.5. The van der Waals surface area contributed by atoms with Gasteiger partial charge in [-0.2, -0.15) is 0 Å². The zero-order valence-electron chi connectivity index (χ0n) is 9.83. The van der Waals surface area contributed by atoms with Crippen LogP contribution in [0.4, 0.5) is 0 Å². The van der Waals surface area contributed by atoms with Gasteiger partial charge in [0, 0.05) is 5.92 Å². The van der Waals surface area contributed by atoms with Crippen LogP contribution < -0.4 is 0 Å². The van der Waals surface area contributed by atoms with Crippen molar-refractivity contribution in [1.82, 2.24) is 0 Å². The number of hydrogen-bond donors (Lipinski definition) is 1. The Hall–Kier alpha value is -0.630. The van der Waals surface area contributed by atoms with E-state index >= 15 is 0 Å². The molecule has 0 amide bonds. The van der Waals surface area contributed by atoms with Gasteiger partial charge in [0.05, 0.1) is 5.60 Å². The third-order valence-corrected chi connectivity index (χ3v) is 3.02. The second-order valence-electron chi connectivity index (χ2n) is 5.20. The first-order chi connectivity index (χ1) is 7.01. The zero-order valence-corrected chi connectivity index (χ0v) is 9.83. The van der Waals surface area contributed by atoms with E-state index in [1.165, 1.54) is 5.57 Å². The van der Waals surface area contributed by atoms with Crippen LogP contribution in [-0.4, -0.2) is 17.0 Å². The second kappa shape index (κ2) is 5.45. The van der Waals surface area contributed by atoms with E-state index in [4.69, 9.17) is 0 Å². The molecule has 2 nitrogen and oxygen atoms in total. The number of aliphatic hydroxyl groups is 1. The lowest BCUT2D eigenvalue weighted by molar-refractivity contribution is -0.111. The fourth-order valence-electron chi connectivity index (χ4n) is 2.01. The molecule has 0 radical (unpaired) electrons. The maximum atomic E-state index is 10.5. The molecule has 1 rings (SSSR count). The summed E-state index contributed by atoms with van der Waals surface area (Å²) in [4.78, 5) is 10.5. The molecule has 0 bridgehead atoms. The Kier molecular flexibility index (Phi) is 4.52. The van der Waals surface area contributed by atoms with Gasteiger partial charge in [-0.25, -0.2) is 0 Å². The Morgan fingerprint density at radius 1 is 1.60 bits per heavy atom. The first kappa shape index (κ1) is 12.4. The molecule has 86 valence electrons. The summed E-state index contributed by atoms with van der Waals surface area (Å²) in [6.45, 7) is 3.70. The molecule has 0 spiro atoms. The molecular formula is C13H22O2. The lowest BCUT2D eigenvalue weighted by atomic mass is 9.87. The summed E-state index contributed by atoms with van der Waals surface area (Å²) in [6, 6.07) is 0. The lowest BCUT2D eigenvalue weighted by Crippen LogP contribution is -2.18. The third-order valence-electron chi connectivity index (χ3n) is 3.02. The maximum Gasteiger partial charge on any atom is 0.123 e. The Balaban J connectivity index is 2.23.